The Labute approximate surface area is 119 Å². The van der Waals surface area contributed by atoms with Crippen molar-refractivity contribution < 1.29 is 4.79 Å². The van der Waals surface area contributed by atoms with E-state index in [1.165, 1.54) is 12.8 Å². The standard InChI is InChI=1S/C13H17ClN2O.ClH/c1-16(10-4-2-3-5-10)13(17)11-7-6-9(15)8-12(11)14;/h6-8,10H,2-5,15H2,1H3;1H. The zero-order valence-electron chi connectivity index (χ0n) is 10.4. The molecule has 2 rings (SSSR count). The maximum absolute atomic E-state index is 12.3. The van der Waals surface area contributed by atoms with Crippen LogP contribution < -0.4 is 5.73 Å². The number of hydrogen-bond donors (Lipinski definition) is 1. The molecule has 0 heterocycles. The van der Waals surface area contributed by atoms with Crippen LogP contribution in [0.2, 0.25) is 5.02 Å². The molecule has 100 valence electrons. The molecule has 0 saturated heterocycles. The van der Waals surface area contributed by atoms with E-state index in [9.17, 15) is 4.79 Å². The third-order valence-corrected chi connectivity index (χ3v) is 3.73. The van der Waals surface area contributed by atoms with E-state index in [0.717, 1.165) is 12.8 Å². The number of nitrogens with zero attached hydrogens (tertiary/aromatic N) is 1. The molecule has 3 nitrogen and oxygen atoms in total. The Morgan fingerprint density at radius 1 is 1.39 bits per heavy atom. The quantitative estimate of drug-likeness (QED) is 0.849. The molecule has 0 radical (unpaired) electrons. The van der Waals surface area contributed by atoms with E-state index < -0.39 is 0 Å². The lowest BCUT2D eigenvalue weighted by Crippen LogP contribution is -2.35. The van der Waals surface area contributed by atoms with Gasteiger partial charge in [-0.25, -0.2) is 0 Å². The van der Waals surface area contributed by atoms with Crippen LogP contribution in [0.5, 0.6) is 0 Å². The van der Waals surface area contributed by atoms with Gasteiger partial charge in [-0.05, 0) is 31.0 Å². The summed E-state index contributed by atoms with van der Waals surface area (Å²) in [5.74, 6) is -0.0121. The number of rotatable bonds is 2. The van der Waals surface area contributed by atoms with Gasteiger partial charge in [0.25, 0.3) is 5.91 Å². The van der Waals surface area contributed by atoms with Crippen molar-refractivity contribution in [1.29, 1.82) is 0 Å². The van der Waals surface area contributed by atoms with Gasteiger partial charge in [0.1, 0.15) is 0 Å². The molecule has 0 aliphatic heterocycles. The second-order valence-corrected chi connectivity index (χ2v) is 5.00. The highest BCUT2D eigenvalue weighted by molar-refractivity contribution is 6.34. The van der Waals surface area contributed by atoms with Crippen LogP contribution in [0.4, 0.5) is 5.69 Å². The van der Waals surface area contributed by atoms with E-state index in [1.54, 1.807) is 18.2 Å². The number of amides is 1. The van der Waals surface area contributed by atoms with Crippen LogP contribution >= 0.6 is 24.0 Å². The van der Waals surface area contributed by atoms with Crippen molar-refractivity contribution in [3.05, 3.63) is 28.8 Å². The Bertz CT molecular complexity index is 431. The van der Waals surface area contributed by atoms with Gasteiger partial charge in [0.05, 0.1) is 10.6 Å². The molecular weight excluding hydrogens is 271 g/mol. The highest BCUT2D eigenvalue weighted by atomic mass is 35.5. The van der Waals surface area contributed by atoms with E-state index in [2.05, 4.69) is 0 Å². The minimum Gasteiger partial charge on any atom is -0.399 e. The van der Waals surface area contributed by atoms with Crippen LogP contribution in [0.1, 0.15) is 36.0 Å². The molecular formula is C13H18Cl2N2O. The van der Waals surface area contributed by atoms with Crippen LogP contribution in [-0.2, 0) is 0 Å². The minimum absolute atomic E-state index is 0. The number of nitrogens with two attached hydrogens (primary N) is 1. The molecule has 18 heavy (non-hydrogen) atoms. The molecule has 1 fully saturated rings. The molecule has 0 unspecified atom stereocenters. The summed E-state index contributed by atoms with van der Waals surface area (Å²) in [4.78, 5) is 14.1. The molecule has 1 saturated carbocycles. The van der Waals surface area contributed by atoms with Crippen LogP contribution in [0.15, 0.2) is 18.2 Å². The van der Waals surface area contributed by atoms with E-state index in [-0.39, 0.29) is 18.3 Å². The number of anilines is 1. The van der Waals surface area contributed by atoms with Crippen LogP contribution in [0.25, 0.3) is 0 Å². The maximum Gasteiger partial charge on any atom is 0.255 e. The summed E-state index contributed by atoms with van der Waals surface area (Å²) in [5, 5.41) is 0.430. The molecule has 1 aliphatic carbocycles. The predicted octanol–water partition coefficient (Wildman–Crippen LogP) is 3.36. The summed E-state index contributed by atoms with van der Waals surface area (Å²) < 4.78 is 0. The number of hydrogen-bond acceptors (Lipinski definition) is 2. The van der Waals surface area contributed by atoms with Gasteiger partial charge in [-0.3, -0.25) is 4.79 Å². The van der Waals surface area contributed by atoms with Gasteiger partial charge in [-0.2, -0.15) is 0 Å². The van der Waals surface area contributed by atoms with Gasteiger partial charge in [0, 0.05) is 18.8 Å². The van der Waals surface area contributed by atoms with Gasteiger partial charge < -0.3 is 10.6 Å². The van der Waals surface area contributed by atoms with Crippen molar-refractivity contribution in [3.8, 4) is 0 Å². The van der Waals surface area contributed by atoms with E-state index in [4.69, 9.17) is 17.3 Å². The molecule has 0 atom stereocenters. The number of carbonyl (C=O) groups is 1. The van der Waals surface area contributed by atoms with Crippen molar-refractivity contribution in [1.82, 2.24) is 4.90 Å². The second kappa shape index (κ2) is 6.30. The molecule has 1 aromatic rings. The highest BCUT2D eigenvalue weighted by Crippen LogP contribution is 2.26. The molecule has 1 amide bonds. The van der Waals surface area contributed by atoms with Gasteiger partial charge >= 0.3 is 0 Å². The Balaban J connectivity index is 0.00000162. The molecule has 0 spiro atoms. The third-order valence-electron chi connectivity index (χ3n) is 3.42. The van der Waals surface area contributed by atoms with Crippen LogP contribution in [-0.4, -0.2) is 23.9 Å². The Morgan fingerprint density at radius 2 is 2.00 bits per heavy atom. The summed E-state index contributed by atoms with van der Waals surface area (Å²) in [7, 11) is 1.85. The fraction of sp³-hybridized carbons (Fsp3) is 0.462. The summed E-state index contributed by atoms with van der Waals surface area (Å²) in [6, 6.07) is 5.39. The largest absolute Gasteiger partial charge is 0.399 e. The average molecular weight is 289 g/mol. The Hall–Kier alpha value is -0.930. The number of nitrogen functional groups attached to an aromatic ring is 1. The highest BCUT2D eigenvalue weighted by Gasteiger charge is 2.25. The first kappa shape index (κ1) is 15.1. The molecule has 5 heteroatoms. The lowest BCUT2D eigenvalue weighted by Gasteiger charge is -2.24. The predicted molar refractivity (Wildman–Crippen MR) is 77.5 cm³/mol. The van der Waals surface area contributed by atoms with Gasteiger partial charge in [0.2, 0.25) is 0 Å². The van der Waals surface area contributed by atoms with E-state index in [0.29, 0.717) is 22.3 Å². The monoisotopic (exact) mass is 288 g/mol. The Kier molecular flexibility index (Phi) is 5.29. The Morgan fingerprint density at radius 3 is 2.56 bits per heavy atom. The van der Waals surface area contributed by atoms with Crippen molar-refractivity contribution in [3.63, 3.8) is 0 Å². The summed E-state index contributed by atoms with van der Waals surface area (Å²) >= 11 is 6.05. The second-order valence-electron chi connectivity index (χ2n) is 4.59. The minimum atomic E-state index is -0.0121. The first-order chi connectivity index (χ1) is 8.09. The van der Waals surface area contributed by atoms with Gasteiger partial charge in [-0.1, -0.05) is 24.4 Å². The third kappa shape index (κ3) is 3.09. The topological polar surface area (TPSA) is 46.3 Å². The SMILES string of the molecule is CN(C(=O)c1ccc(N)cc1Cl)C1CCCC1.Cl. The molecule has 1 aliphatic rings. The fourth-order valence-corrected chi connectivity index (χ4v) is 2.62. The lowest BCUT2D eigenvalue weighted by atomic mass is 10.1. The number of carbonyl (C=O) groups excluding carboxylic acids is 1. The zero-order valence-corrected chi connectivity index (χ0v) is 11.9. The molecule has 0 bridgehead atoms. The molecule has 1 aromatic carbocycles. The summed E-state index contributed by atoms with van der Waals surface area (Å²) in [6.45, 7) is 0. The normalized spacial score (nSPS) is 15.2. The fourth-order valence-electron chi connectivity index (χ4n) is 2.35. The summed E-state index contributed by atoms with van der Waals surface area (Å²) in [6.07, 6.45) is 4.60. The van der Waals surface area contributed by atoms with Crippen molar-refractivity contribution in [2.45, 2.75) is 31.7 Å². The smallest absolute Gasteiger partial charge is 0.255 e. The molecule has 2 N–H and O–H groups in total. The first-order valence-corrected chi connectivity index (χ1v) is 6.29. The number of benzene rings is 1. The molecule has 0 aromatic heterocycles. The van der Waals surface area contributed by atoms with Crippen molar-refractivity contribution in [2.24, 2.45) is 0 Å². The van der Waals surface area contributed by atoms with Crippen LogP contribution in [0, 0.1) is 0 Å². The summed E-state index contributed by atoms with van der Waals surface area (Å²) in [5.41, 5.74) is 6.73. The van der Waals surface area contributed by atoms with Gasteiger partial charge in [-0.15, -0.1) is 12.4 Å². The number of halogens is 2. The van der Waals surface area contributed by atoms with Crippen molar-refractivity contribution in [2.75, 3.05) is 12.8 Å². The van der Waals surface area contributed by atoms with Crippen molar-refractivity contribution >= 4 is 35.6 Å². The zero-order chi connectivity index (χ0) is 12.4. The van der Waals surface area contributed by atoms with E-state index >= 15 is 0 Å². The lowest BCUT2D eigenvalue weighted by molar-refractivity contribution is 0.0735. The average Bonchev–Trinajstić information content (AvgIpc) is 2.80. The maximum atomic E-state index is 12.3. The van der Waals surface area contributed by atoms with Gasteiger partial charge in [0.15, 0.2) is 0 Å². The van der Waals surface area contributed by atoms with E-state index in [1.807, 2.05) is 11.9 Å². The first-order valence-electron chi connectivity index (χ1n) is 5.92. The van der Waals surface area contributed by atoms with Crippen LogP contribution in [0.3, 0.4) is 0 Å².